The highest BCUT2D eigenvalue weighted by Gasteiger charge is 2.15. The van der Waals surface area contributed by atoms with Gasteiger partial charge in [-0.15, -0.1) is 0 Å². The highest BCUT2D eigenvalue weighted by molar-refractivity contribution is 6.30. The average Bonchev–Trinajstić information content (AvgIpc) is 2.85. The van der Waals surface area contributed by atoms with Crippen molar-refractivity contribution in [2.24, 2.45) is 0 Å². The second-order valence-corrected chi connectivity index (χ2v) is 6.22. The van der Waals surface area contributed by atoms with Crippen molar-refractivity contribution in [3.63, 3.8) is 0 Å². The number of nitrogens with zero attached hydrogens (tertiary/aromatic N) is 3. The molecule has 0 unspecified atom stereocenters. The lowest BCUT2D eigenvalue weighted by molar-refractivity contribution is 0.819. The molecule has 0 atom stereocenters. The number of nitrogens with one attached hydrogen (secondary N) is 1. The van der Waals surface area contributed by atoms with Crippen LogP contribution in [-0.2, 0) is 0 Å². The molecule has 3 rings (SSSR count). The Balaban J connectivity index is 2.11. The van der Waals surface area contributed by atoms with Crippen molar-refractivity contribution in [1.29, 1.82) is 0 Å². The Labute approximate surface area is 141 Å². The quantitative estimate of drug-likeness (QED) is 0.679. The molecule has 0 aliphatic heterocycles. The van der Waals surface area contributed by atoms with Gasteiger partial charge in [0, 0.05) is 34.5 Å². The zero-order valence-electron chi connectivity index (χ0n) is 13.7. The highest BCUT2D eigenvalue weighted by atomic mass is 35.5. The van der Waals surface area contributed by atoms with E-state index in [0.717, 1.165) is 53.4 Å². The number of anilines is 1. The van der Waals surface area contributed by atoms with Crippen LogP contribution in [0.1, 0.15) is 31.0 Å². The maximum atomic E-state index is 6.12. The standard InChI is InChI=1S/C18H21ClN4/c1-4-5-9-20-16-10-12(2)21-18-13(3)17(22-23(16)18)14-7-6-8-15(19)11-14/h6-8,10-11,20H,4-5,9H2,1-3H3. The summed E-state index contributed by atoms with van der Waals surface area (Å²) in [5, 5.41) is 8.96. The molecular weight excluding hydrogens is 308 g/mol. The van der Waals surface area contributed by atoms with Gasteiger partial charge in [0.25, 0.3) is 0 Å². The molecule has 1 aromatic carbocycles. The molecule has 2 aromatic heterocycles. The molecule has 0 amide bonds. The number of benzene rings is 1. The van der Waals surface area contributed by atoms with Crippen molar-refractivity contribution >= 4 is 23.1 Å². The minimum Gasteiger partial charge on any atom is -0.370 e. The van der Waals surface area contributed by atoms with Gasteiger partial charge in [-0.05, 0) is 32.4 Å². The molecule has 3 aromatic rings. The van der Waals surface area contributed by atoms with Gasteiger partial charge in [0.05, 0.1) is 5.69 Å². The number of rotatable bonds is 5. The van der Waals surface area contributed by atoms with Crippen LogP contribution in [-0.4, -0.2) is 21.1 Å². The predicted octanol–water partition coefficient (Wildman–Crippen LogP) is 4.88. The van der Waals surface area contributed by atoms with Crippen molar-refractivity contribution < 1.29 is 0 Å². The molecule has 5 heteroatoms. The SMILES string of the molecule is CCCCNc1cc(C)nc2c(C)c(-c3cccc(Cl)c3)nn12. The van der Waals surface area contributed by atoms with Gasteiger partial charge < -0.3 is 5.32 Å². The van der Waals surface area contributed by atoms with E-state index in [1.807, 2.05) is 41.8 Å². The molecule has 0 saturated carbocycles. The van der Waals surface area contributed by atoms with Crippen molar-refractivity contribution in [2.75, 3.05) is 11.9 Å². The fourth-order valence-corrected chi connectivity index (χ4v) is 2.86. The molecule has 4 nitrogen and oxygen atoms in total. The summed E-state index contributed by atoms with van der Waals surface area (Å²) >= 11 is 6.12. The summed E-state index contributed by atoms with van der Waals surface area (Å²) in [6.45, 7) is 7.18. The van der Waals surface area contributed by atoms with E-state index in [9.17, 15) is 0 Å². The van der Waals surface area contributed by atoms with Crippen LogP contribution in [0.2, 0.25) is 5.02 Å². The number of halogens is 1. The van der Waals surface area contributed by atoms with Crippen LogP contribution in [0.5, 0.6) is 0 Å². The van der Waals surface area contributed by atoms with Gasteiger partial charge in [-0.25, -0.2) is 4.98 Å². The molecule has 0 bridgehead atoms. The molecule has 0 spiro atoms. The molecule has 0 fully saturated rings. The van der Waals surface area contributed by atoms with Gasteiger partial charge >= 0.3 is 0 Å². The number of aromatic nitrogens is 3. The van der Waals surface area contributed by atoms with Crippen LogP contribution >= 0.6 is 11.6 Å². The van der Waals surface area contributed by atoms with Crippen LogP contribution < -0.4 is 5.32 Å². The lowest BCUT2D eigenvalue weighted by Gasteiger charge is -2.08. The molecule has 2 heterocycles. The Kier molecular flexibility index (Phi) is 4.53. The normalized spacial score (nSPS) is 11.1. The highest BCUT2D eigenvalue weighted by Crippen LogP contribution is 2.28. The number of fused-ring (bicyclic) bond motifs is 1. The van der Waals surface area contributed by atoms with Gasteiger partial charge in [-0.2, -0.15) is 9.61 Å². The predicted molar refractivity (Wildman–Crippen MR) is 96.3 cm³/mol. The van der Waals surface area contributed by atoms with Crippen LogP contribution in [0.25, 0.3) is 16.9 Å². The maximum Gasteiger partial charge on any atom is 0.161 e. The fourth-order valence-electron chi connectivity index (χ4n) is 2.67. The molecule has 120 valence electrons. The summed E-state index contributed by atoms with van der Waals surface area (Å²) in [6, 6.07) is 9.82. The third kappa shape index (κ3) is 3.17. The van der Waals surface area contributed by atoms with Crippen LogP contribution in [0, 0.1) is 13.8 Å². The Morgan fingerprint density at radius 2 is 2.04 bits per heavy atom. The molecule has 0 radical (unpaired) electrons. The lowest BCUT2D eigenvalue weighted by atomic mass is 10.1. The molecular formula is C18H21ClN4. The molecule has 0 aliphatic carbocycles. The van der Waals surface area contributed by atoms with Crippen molar-refractivity contribution in [3.8, 4) is 11.3 Å². The van der Waals surface area contributed by atoms with Gasteiger partial charge in [0.2, 0.25) is 0 Å². The topological polar surface area (TPSA) is 42.2 Å². The first-order valence-corrected chi connectivity index (χ1v) is 8.34. The van der Waals surface area contributed by atoms with Gasteiger partial charge in [0.1, 0.15) is 5.82 Å². The summed E-state index contributed by atoms with van der Waals surface area (Å²) in [5.74, 6) is 0.984. The number of hydrogen-bond acceptors (Lipinski definition) is 3. The summed E-state index contributed by atoms with van der Waals surface area (Å²) in [7, 11) is 0. The summed E-state index contributed by atoms with van der Waals surface area (Å²) in [6.07, 6.45) is 2.29. The average molecular weight is 329 g/mol. The third-order valence-electron chi connectivity index (χ3n) is 3.88. The first-order chi connectivity index (χ1) is 11.1. The van der Waals surface area contributed by atoms with Gasteiger partial charge in [-0.1, -0.05) is 37.1 Å². The first-order valence-electron chi connectivity index (χ1n) is 7.97. The van der Waals surface area contributed by atoms with E-state index in [1.165, 1.54) is 0 Å². The zero-order chi connectivity index (χ0) is 16.4. The molecule has 23 heavy (non-hydrogen) atoms. The monoisotopic (exact) mass is 328 g/mol. The minimum absolute atomic E-state index is 0.712. The van der Waals surface area contributed by atoms with Crippen molar-refractivity contribution in [1.82, 2.24) is 14.6 Å². The Hall–Kier alpha value is -2.07. The number of unbranched alkanes of at least 4 members (excludes halogenated alkanes) is 1. The number of aryl methyl sites for hydroxylation is 2. The minimum atomic E-state index is 0.712. The molecule has 1 N–H and O–H groups in total. The summed E-state index contributed by atoms with van der Waals surface area (Å²) in [5.41, 5.74) is 4.87. The van der Waals surface area contributed by atoms with E-state index in [4.69, 9.17) is 16.7 Å². The van der Waals surface area contributed by atoms with E-state index >= 15 is 0 Å². The van der Waals surface area contributed by atoms with E-state index in [-0.39, 0.29) is 0 Å². The summed E-state index contributed by atoms with van der Waals surface area (Å²) < 4.78 is 1.90. The third-order valence-corrected chi connectivity index (χ3v) is 4.12. The second-order valence-electron chi connectivity index (χ2n) is 5.78. The van der Waals surface area contributed by atoms with E-state index in [2.05, 4.69) is 24.1 Å². The Morgan fingerprint density at radius 3 is 2.78 bits per heavy atom. The lowest BCUT2D eigenvalue weighted by Crippen LogP contribution is -2.08. The maximum absolute atomic E-state index is 6.12. The van der Waals surface area contributed by atoms with Gasteiger partial charge in [0.15, 0.2) is 5.65 Å². The first kappa shape index (κ1) is 15.8. The Bertz CT molecular complexity index is 838. The smallest absolute Gasteiger partial charge is 0.161 e. The van der Waals surface area contributed by atoms with Crippen LogP contribution in [0.15, 0.2) is 30.3 Å². The number of hydrogen-bond donors (Lipinski definition) is 1. The van der Waals surface area contributed by atoms with E-state index in [0.29, 0.717) is 5.02 Å². The molecule has 0 aliphatic rings. The van der Waals surface area contributed by atoms with E-state index < -0.39 is 0 Å². The van der Waals surface area contributed by atoms with Crippen LogP contribution in [0.3, 0.4) is 0 Å². The molecule has 0 saturated heterocycles. The van der Waals surface area contributed by atoms with Crippen molar-refractivity contribution in [3.05, 3.63) is 46.6 Å². The second kappa shape index (κ2) is 6.59. The van der Waals surface area contributed by atoms with E-state index in [1.54, 1.807) is 0 Å². The zero-order valence-corrected chi connectivity index (χ0v) is 14.5. The van der Waals surface area contributed by atoms with Crippen molar-refractivity contribution in [2.45, 2.75) is 33.6 Å². The largest absolute Gasteiger partial charge is 0.370 e. The summed E-state index contributed by atoms with van der Waals surface area (Å²) in [4.78, 5) is 4.66. The Morgan fingerprint density at radius 1 is 1.22 bits per heavy atom. The fraction of sp³-hybridized carbons (Fsp3) is 0.333. The van der Waals surface area contributed by atoms with Crippen LogP contribution in [0.4, 0.5) is 5.82 Å². The van der Waals surface area contributed by atoms with Gasteiger partial charge in [-0.3, -0.25) is 0 Å².